The molecule has 0 unspecified atom stereocenters. The van der Waals surface area contributed by atoms with Crippen molar-refractivity contribution >= 4 is 6.09 Å². The minimum Gasteiger partial charge on any atom is -0.445 e. The third-order valence-electron chi connectivity index (χ3n) is 6.50. The molecule has 1 aliphatic heterocycles. The van der Waals surface area contributed by atoms with Crippen molar-refractivity contribution < 1.29 is 14.3 Å². The van der Waals surface area contributed by atoms with E-state index in [0.717, 1.165) is 31.4 Å². The fraction of sp³-hybridized carbons (Fsp3) is 0.720. The number of ether oxygens (including phenoxy) is 2. The minimum atomic E-state index is -0.319. The van der Waals surface area contributed by atoms with Crippen LogP contribution in [0.25, 0.3) is 0 Å². The predicted molar refractivity (Wildman–Crippen MR) is 120 cm³/mol. The maximum atomic E-state index is 11.8. The van der Waals surface area contributed by atoms with E-state index in [1.165, 1.54) is 64.6 Å². The highest BCUT2D eigenvalue weighted by molar-refractivity contribution is 5.67. The molecule has 1 heterocycles. The predicted octanol–water partition coefficient (Wildman–Crippen LogP) is 5.14. The van der Waals surface area contributed by atoms with Gasteiger partial charge in [-0.3, -0.25) is 0 Å². The van der Waals surface area contributed by atoms with Crippen LogP contribution in [0.15, 0.2) is 30.3 Å². The molecule has 1 aromatic rings. The average Bonchev–Trinajstić information content (AvgIpc) is 2.74. The SMILES string of the molecule is O=C(NCCC1CCC(OCCCCCCN2CCC2)CC1)OCc1ccccc1. The highest BCUT2D eigenvalue weighted by atomic mass is 16.5. The van der Waals surface area contributed by atoms with Crippen LogP contribution in [0.2, 0.25) is 0 Å². The Morgan fingerprint density at radius 3 is 2.50 bits per heavy atom. The van der Waals surface area contributed by atoms with Crippen LogP contribution in [-0.2, 0) is 16.1 Å². The van der Waals surface area contributed by atoms with Gasteiger partial charge in [-0.05, 0) is 82.5 Å². The number of likely N-dealkylation sites (tertiary alicyclic amines) is 1. The summed E-state index contributed by atoms with van der Waals surface area (Å²) in [6.45, 7) is 5.88. The molecule has 1 aromatic carbocycles. The third-order valence-corrected chi connectivity index (χ3v) is 6.50. The van der Waals surface area contributed by atoms with Crippen molar-refractivity contribution in [1.82, 2.24) is 10.2 Å². The Labute approximate surface area is 182 Å². The molecule has 1 saturated heterocycles. The molecule has 2 aliphatic rings. The van der Waals surface area contributed by atoms with Crippen molar-refractivity contribution in [2.45, 2.75) is 76.9 Å². The Hall–Kier alpha value is -1.59. The second-order valence-corrected chi connectivity index (χ2v) is 8.90. The molecular weight excluding hydrogens is 376 g/mol. The van der Waals surface area contributed by atoms with Crippen LogP contribution < -0.4 is 5.32 Å². The number of carbonyl (C=O) groups is 1. The maximum Gasteiger partial charge on any atom is 0.407 e. The first-order chi connectivity index (χ1) is 14.8. The number of unbranched alkanes of at least 4 members (excludes halogenated alkanes) is 3. The van der Waals surface area contributed by atoms with Crippen LogP contribution >= 0.6 is 0 Å². The number of benzene rings is 1. The number of alkyl carbamates (subject to hydrolysis) is 1. The Morgan fingerprint density at radius 2 is 1.77 bits per heavy atom. The average molecular weight is 417 g/mol. The molecular formula is C25H40N2O3. The van der Waals surface area contributed by atoms with Gasteiger partial charge in [-0.15, -0.1) is 0 Å². The Kier molecular flexibility index (Phi) is 10.5. The van der Waals surface area contributed by atoms with E-state index in [1.807, 2.05) is 30.3 Å². The normalized spacial score (nSPS) is 21.7. The molecule has 1 N–H and O–H groups in total. The molecule has 5 heteroatoms. The largest absolute Gasteiger partial charge is 0.445 e. The number of hydrogen-bond donors (Lipinski definition) is 1. The summed E-state index contributed by atoms with van der Waals surface area (Å²) in [5, 5.41) is 2.89. The van der Waals surface area contributed by atoms with Crippen LogP contribution in [0.1, 0.15) is 69.8 Å². The van der Waals surface area contributed by atoms with Gasteiger partial charge in [0.25, 0.3) is 0 Å². The van der Waals surface area contributed by atoms with Gasteiger partial charge in [0.1, 0.15) is 6.61 Å². The van der Waals surface area contributed by atoms with E-state index < -0.39 is 0 Å². The number of rotatable bonds is 13. The van der Waals surface area contributed by atoms with E-state index >= 15 is 0 Å². The van der Waals surface area contributed by atoms with Crippen molar-refractivity contribution in [2.75, 3.05) is 32.8 Å². The van der Waals surface area contributed by atoms with Crippen molar-refractivity contribution in [3.8, 4) is 0 Å². The molecule has 30 heavy (non-hydrogen) atoms. The van der Waals surface area contributed by atoms with Crippen molar-refractivity contribution in [2.24, 2.45) is 5.92 Å². The first-order valence-corrected chi connectivity index (χ1v) is 12.1. The molecule has 5 nitrogen and oxygen atoms in total. The van der Waals surface area contributed by atoms with Gasteiger partial charge in [0.2, 0.25) is 0 Å². The summed E-state index contributed by atoms with van der Waals surface area (Å²) in [6.07, 6.45) is 12.5. The summed E-state index contributed by atoms with van der Waals surface area (Å²) in [5.74, 6) is 0.695. The van der Waals surface area contributed by atoms with Crippen LogP contribution in [0, 0.1) is 5.92 Å². The molecule has 0 radical (unpaired) electrons. The van der Waals surface area contributed by atoms with Crippen molar-refractivity contribution in [3.63, 3.8) is 0 Å². The molecule has 3 rings (SSSR count). The molecule has 1 amide bonds. The first kappa shape index (κ1) is 23.1. The second-order valence-electron chi connectivity index (χ2n) is 8.90. The Balaban J connectivity index is 1.12. The lowest BCUT2D eigenvalue weighted by Gasteiger charge is -2.30. The van der Waals surface area contributed by atoms with Gasteiger partial charge in [0.05, 0.1) is 6.10 Å². The van der Waals surface area contributed by atoms with E-state index in [1.54, 1.807) is 0 Å². The van der Waals surface area contributed by atoms with E-state index in [0.29, 0.717) is 25.2 Å². The Morgan fingerprint density at radius 1 is 1.00 bits per heavy atom. The van der Waals surface area contributed by atoms with Crippen LogP contribution in [0.3, 0.4) is 0 Å². The number of nitrogens with one attached hydrogen (secondary N) is 1. The van der Waals surface area contributed by atoms with E-state index in [-0.39, 0.29) is 6.09 Å². The quantitative estimate of drug-likeness (QED) is 0.452. The lowest BCUT2D eigenvalue weighted by Crippen LogP contribution is -2.37. The molecule has 0 aromatic heterocycles. The lowest BCUT2D eigenvalue weighted by molar-refractivity contribution is 0.0152. The first-order valence-electron chi connectivity index (χ1n) is 12.1. The minimum absolute atomic E-state index is 0.319. The van der Waals surface area contributed by atoms with Crippen LogP contribution in [0.4, 0.5) is 4.79 Å². The highest BCUT2D eigenvalue weighted by Crippen LogP contribution is 2.28. The van der Waals surface area contributed by atoms with Crippen molar-refractivity contribution in [3.05, 3.63) is 35.9 Å². The standard InChI is InChI=1S/C25H40N2O3/c28-25(30-21-23-9-4-3-5-10-23)26-16-15-22-11-13-24(14-12-22)29-20-7-2-1-6-17-27-18-8-19-27/h3-5,9-10,22,24H,1-2,6-8,11-21H2,(H,26,28). The van der Waals surface area contributed by atoms with Gasteiger partial charge in [0.15, 0.2) is 0 Å². The zero-order valence-corrected chi connectivity index (χ0v) is 18.5. The number of carbonyl (C=O) groups excluding carboxylic acids is 1. The van der Waals surface area contributed by atoms with Crippen molar-refractivity contribution in [1.29, 1.82) is 0 Å². The van der Waals surface area contributed by atoms with E-state index in [2.05, 4.69) is 10.2 Å². The van der Waals surface area contributed by atoms with Gasteiger partial charge < -0.3 is 19.7 Å². The summed E-state index contributed by atoms with van der Waals surface area (Å²) >= 11 is 0. The van der Waals surface area contributed by atoms with E-state index in [9.17, 15) is 4.79 Å². The molecule has 0 atom stereocenters. The number of nitrogens with zero attached hydrogens (tertiary/aromatic N) is 1. The van der Waals surface area contributed by atoms with Gasteiger partial charge >= 0.3 is 6.09 Å². The molecule has 0 bridgehead atoms. The zero-order chi connectivity index (χ0) is 20.9. The summed E-state index contributed by atoms with van der Waals surface area (Å²) in [4.78, 5) is 14.4. The maximum absolute atomic E-state index is 11.8. The van der Waals surface area contributed by atoms with Gasteiger partial charge in [0, 0.05) is 13.2 Å². The van der Waals surface area contributed by atoms with Crippen LogP contribution in [0.5, 0.6) is 0 Å². The third kappa shape index (κ3) is 9.05. The molecule has 1 aliphatic carbocycles. The summed E-state index contributed by atoms with van der Waals surface area (Å²) in [6, 6.07) is 9.78. The molecule has 0 spiro atoms. The summed E-state index contributed by atoms with van der Waals surface area (Å²) in [5.41, 5.74) is 1.01. The summed E-state index contributed by atoms with van der Waals surface area (Å²) in [7, 11) is 0. The van der Waals surface area contributed by atoms with Crippen LogP contribution in [-0.4, -0.2) is 49.9 Å². The second kappa shape index (κ2) is 13.7. The number of hydrogen-bond acceptors (Lipinski definition) is 4. The smallest absolute Gasteiger partial charge is 0.407 e. The fourth-order valence-corrected chi connectivity index (χ4v) is 4.39. The van der Waals surface area contributed by atoms with E-state index in [4.69, 9.17) is 9.47 Å². The number of amides is 1. The fourth-order valence-electron chi connectivity index (χ4n) is 4.39. The molecule has 168 valence electrons. The van der Waals surface area contributed by atoms with Gasteiger partial charge in [-0.2, -0.15) is 0 Å². The molecule has 2 fully saturated rings. The topological polar surface area (TPSA) is 50.8 Å². The van der Waals surface area contributed by atoms with Gasteiger partial charge in [-0.1, -0.05) is 43.2 Å². The summed E-state index contributed by atoms with van der Waals surface area (Å²) < 4.78 is 11.4. The van der Waals surface area contributed by atoms with Gasteiger partial charge in [-0.25, -0.2) is 4.79 Å². The lowest BCUT2D eigenvalue weighted by atomic mass is 9.85. The molecule has 1 saturated carbocycles. The zero-order valence-electron chi connectivity index (χ0n) is 18.5. The highest BCUT2D eigenvalue weighted by Gasteiger charge is 2.21. The Bertz CT molecular complexity index is 583. The monoisotopic (exact) mass is 416 g/mol.